The first-order valence-corrected chi connectivity index (χ1v) is 8.72. The average molecular weight is 281 g/mol. The molecule has 1 aromatic rings. The minimum atomic E-state index is 0.235. The summed E-state index contributed by atoms with van der Waals surface area (Å²) in [4.78, 5) is 16.3. The van der Waals surface area contributed by atoms with Crippen molar-refractivity contribution in [2.24, 2.45) is 0 Å². The van der Waals surface area contributed by atoms with Gasteiger partial charge in [0.05, 0.1) is 11.3 Å². The van der Waals surface area contributed by atoms with E-state index in [-0.39, 0.29) is 5.25 Å². The van der Waals surface area contributed by atoms with Crippen LogP contribution in [-0.4, -0.2) is 28.4 Å². The van der Waals surface area contributed by atoms with Crippen molar-refractivity contribution in [2.75, 3.05) is 12.3 Å². The third-order valence-corrected chi connectivity index (χ3v) is 6.33. The molecule has 2 atom stereocenters. The Kier molecular flexibility index (Phi) is 3.66. The molecule has 0 radical (unpaired) electrons. The van der Waals surface area contributed by atoms with Gasteiger partial charge in [-0.15, -0.1) is 23.1 Å². The smallest absolute Gasteiger partial charge is 0.236 e. The zero-order valence-electron chi connectivity index (χ0n) is 10.7. The normalized spacial score (nSPS) is 27.3. The van der Waals surface area contributed by atoms with Crippen molar-refractivity contribution >= 4 is 29.0 Å². The molecule has 3 rings (SSSR count). The van der Waals surface area contributed by atoms with E-state index in [1.807, 2.05) is 23.1 Å². The summed E-state index contributed by atoms with van der Waals surface area (Å²) < 4.78 is 0. The van der Waals surface area contributed by atoms with Crippen molar-refractivity contribution in [3.8, 4) is 0 Å². The largest absolute Gasteiger partial charge is 0.334 e. The summed E-state index contributed by atoms with van der Waals surface area (Å²) in [5.41, 5.74) is 1.41. The lowest BCUT2D eigenvalue weighted by Crippen LogP contribution is -2.43. The van der Waals surface area contributed by atoms with Gasteiger partial charge in [-0.2, -0.15) is 0 Å². The molecule has 98 valence electrons. The summed E-state index contributed by atoms with van der Waals surface area (Å²) in [7, 11) is 0. The molecule has 0 aliphatic carbocycles. The average Bonchev–Trinajstić information content (AvgIpc) is 3.06. The summed E-state index contributed by atoms with van der Waals surface area (Å²) in [6.45, 7) is 3.11. The Balaban J connectivity index is 1.82. The monoisotopic (exact) mass is 281 g/mol. The van der Waals surface area contributed by atoms with E-state index in [9.17, 15) is 4.79 Å². The highest BCUT2D eigenvalue weighted by atomic mass is 32.2. The number of nitrogens with zero attached hydrogens (tertiary/aromatic N) is 1. The van der Waals surface area contributed by atoms with Gasteiger partial charge in [-0.1, -0.05) is 6.92 Å². The van der Waals surface area contributed by atoms with E-state index in [4.69, 9.17) is 0 Å². The molecule has 0 saturated carbocycles. The molecule has 2 unspecified atom stereocenters. The molecule has 1 amide bonds. The summed E-state index contributed by atoms with van der Waals surface area (Å²) in [5, 5.41) is 2.41. The standard InChI is InChI=1S/C14H19NOS2/c1-2-11-10-6-9-18-12(10)5-7-15(11)14(16)13-4-3-8-17-13/h6,9,11,13H,2-5,7-8H2,1H3. The minimum Gasteiger partial charge on any atom is -0.334 e. The van der Waals surface area contributed by atoms with Crippen LogP contribution < -0.4 is 0 Å². The molecule has 2 aliphatic rings. The second kappa shape index (κ2) is 5.25. The fourth-order valence-corrected chi connectivity index (χ4v) is 5.22. The molecule has 3 heterocycles. The summed E-state index contributed by atoms with van der Waals surface area (Å²) >= 11 is 3.70. The van der Waals surface area contributed by atoms with Gasteiger partial charge < -0.3 is 4.90 Å². The highest BCUT2D eigenvalue weighted by Gasteiger charge is 2.35. The molecule has 2 aliphatic heterocycles. The number of carbonyl (C=O) groups excluding carboxylic acids is 1. The number of hydrogen-bond acceptors (Lipinski definition) is 3. The van der Waals surface area contributed by atoms with Gasteiger partial charge in [-0.25, -0.2) is 0 Å². The highest BCUT2D eigenvalue weighted by Crippen LogP contribution is 2.37. The van der Waals surface area contributed by atoms with Gasteiger partial charge in [-0.3, -0.25) is 4.79 Å². The maximum atomic E-state index is 12.6. The number of thiophene rings is 1. The van der Waals surface area contributed by atoms with Gasteiger partial charge in [-0.05, 0) is 48.4 Å². The molecule has 0 bridgehead atoms. The van der Waals surface area contributed by atoms with Crippen LogP contribution in [0.5, 0.6) is 0 Å². The van der Waals surface area contributed by atoms with Crippen molar-refractivity contribution < 1.29 is 4.79 Å². The molecule has 1 fully saturated rings. The molecule has 0 aromatic carbocycles. The van der Waals surface area contributed by atoms with E-state index in [0.717, 1.165) is 31.6 Å². The lowest BCUT2D eigenvalue weighted by molar-refractivity contribution is -0.133. The number of rotatable bonds is 2. The third kappa shape index (κ3) is 2.10. The highest BCUT2D eigenvalue weighted by molar-refractivity contribution is 8.00. The Hall–Kier alpha value is -0.480. The van der Waals surface area contributed by atoms with Crippen molar-refractivity contribution in [1.29, 1.82) is 0 Å². The zero-order chi connectivity index (χ0) is 12.5. The van der Waals surface area contributed by atoms with Crippen LogP contribution in [0.2, 0.25) is 0 Å². The minimum absolute atomic E-state index is 0.235. The maximum absolute atomic E-state index is 12.6. The van der Waals surface area contributed by atoms with E-state index < -0.39 is 0 Å². The number of amides is 1. The van der Waals surface area contributed by atoms with Crippen molar-refractivity contribution in [2.45, 2.75) is 43.9 Å². The fourth-order valence-electron chi connectivity index (χ4n) is 3.06. The van der Waals surface area contributed by atoms with Gasteiger partial charge in [0, 0.05) is 11.4 Å². The van der Waals surface area contributed by atoms with Gasteiger partial charge >= 0.3 is 0 Å². The first kappa shape index (κ1) is 12.5. The molecule has 0 N–H and O–H groups in total. The van der Waals surface area contributed by atoms with Crippen LogP contribution >= 0.6 is 23.1 Å². The maximum Gasteiger partial charge on any atom is 0.236 e. The van der Waals surface area contributed by atoms with Crippen molar-refractivity contribution in [1.82, 2.24) is 4.90 Å². The van der Waals surface area contributed by atoms with Crippen LogP contribution in [0.4, 0.5) is 0 Å². The molecule has 2 nitrogen and oxygen atoms in total. The lowest BCUT2D eigenvalue weighted by atomic mass is 9.97. The zero-order valence-corrected chi connectivity index (χ0v) is 12.4. The molecule has 1 aromatic heterocycles. The Morgan fingerprint density at radius 2 is 2.44 bits per heavy atom. The van der Waals surface area contributed by atoms with Crippen LogP contribution in [0.3, 0.4) is 0 Å². The molecule has 18 heavy (non-hydrogen) atoms. The van der Waals surface area contributed by atoms with Gasteiger partial charge in [0.25, 0.3) is 0 Å². The quantitative estimate of drug-likeness (QED) is 0.827. The van der Waals surface area contributed by atoms with Crippen LogP contribution in [0.25, 0.3) is 0 Å². The van der Waals surface area contributed by atoms with Crippen LogP contribution in [0.1, 0.15) is 42.7 Å². The Morgan fingerprint density at radius 3 is 3.17 bits per heavy atom. The predicted molar refractivity (Wildman–Crippen MR) is 78.2 cm³/mol. The third-order valence-electron chi connectivity index (χ3n) is 3.97. The lowest BCUT2D eigenvalue weighted by Gasteiger charge is -2.36. The molecular weight excluding hydrogens is 262 g/mol. The van der Waals surface area contributed by atoms with Crippen molar-refractivity contribution in [3.05, 3.63) is 21.9 Å². The van der Waals surface area contributed by atoms with Crippen LogP contribution in [0.15, 0.2) is 11.4 Å². The second-order valence-electron chi connectivity index (χ2n) is 5.01. The SMILES string of the molecule is CCC1c2ccsc2CCN1C(=O)C1CCCS1. The number of carbonyl (C=O) groups is 1. The molecule has 1 saturated heterocycles. The van der Waals surface area contributed by atoms with E-state index in [2.05, 4.69) is 23.3 Å². The van der Waals surface area contributed by atoms with Gasteiger partial charge in [0.1, 0.15) is 0 Å². The van der Waals surface area contributed by atoms with E-state index in [1.54, 1.807) is 0 Å². The summed E-state index contributed by atoms with van der Waals surface area (Å²) in [6, 6.07) is 2.55. The molecular formula is C14H19NOS2. The first-order chi connectivity index (χ1) is 8.81. The molecule has 0 spiro atoms. The molecule has 4 heteroatoms. The number of fused-ring (bicyclic) bond motifs is 1. The van der Waals surface area contributed by atoms with E-state index >= 15 is 0 Å². The summed E-state index contributed by atoms with van der Waals surface area (Å²) in [5.74, 6) is 1.55. The van der Waals surface area contributed by atoms with Gasteiger partial charge in [0.2, 0.25) is 5.91 Å². The summed E-state index contributed by atoms with van der Waals surface area (Å²) in [6.07, 6.45) is 4.36. The number of thioether (sulfide) groups is 1. The second-order valence-corrected chi connectivity index (χ2v) is 7.32. The Labute approximate surface area is 117 Å². The topological polar surface area (TPSA) is 20.3 Å². The van der Waals surface area contributed by atoms with Crippen molar-refractivity contribution in [3.63, 3.8) is 0 Å². The Morgan fingerprint density at radius 1 is 1.56 bits per heavy atom. The first-order valence-electron chi connectivity index (χ1n) is 6.79. The Bertz CT molecular complexity index is 437. The van der Waals surface area contributed by atoms with E-state index in [0.29, 0.717) is 11.9 Å². The van der Waals surface area contributed by atoms with Crippen LogP contribution in [-0.2, 0) is 11.2 Å². The van der Waals surface area contributed by atoms with Crippen LogP contribution in [0, 0.1) is 0 Å². The number of hydrogen-bond donors (Lipinski definition) is 0. The van der Waals surface area contributed by atoms with E-state index in [1.165, 1.54) is 16.9 Å². The fraction of sp³-hybridized carbons (Fsp3) is 0.643. The van der Waals surface area contributed by atoms with Gasteiger partial charge in [0.15, 0.2) is 0 Å². The predicted octanol–water partition coefficient (Wildman–Crippen LogP) is 3.48.